The molecular weight excluding hydrogens is 242 g/mol. The molecule has 1 aliphatic rings. The zero-order valence-corrected chi connectivity index (χ0v) is 10.7. The largest absolute Gasteiger partial charge is 0.349 e. The van der Waals surface area contributed by atoms with Crippen molar-refractivity contribution in [1.82, 2.24) is 25.5 Å². The molecule has 1 atom stereocenters. The van der Waals surface area contributed by atoms with Crippen molar-refractivity contribution in [1.29, 1.82) is 0 Å². The molecule has 0 spiro atoms. The second-order valence-electron chi connectivity index (χ2n) is 4.87. The maximum Gasteiger partial charge on any atom is 0.253 e. The van der Waals surface area contributed by atoms with E-state index >= 15 is 0 Å². The van der Waals surface area contributed by atoms with Crippen LogP contribution >= 0.6 is 0 Å². The zero-order valence-electron chi connectivity index (χ0n) is 10.7. The molecule has 6 heteroatoms. The van der Waals surface area contributed by atoms with E-state index in [0.717, 1.165) is 0 Å². The molecule has 3 rings (SSSR count). The lowest BCUT2D eigenvalue weighted by Crippen LogP contribution is -2.34. The molecule has 1 aromatic carbocycles. The van der Waals surface area contributed by atoms with Crippen LogP contribution in [-0.4, -0.2) is 32.2 Å². The summed E-state index contributed by atoms with van der Waals surface area (Å²) in [7, 11) is 0. The first kappa shape index (κ1) is 11.8. The molecular formula is C13H15N5O. The molecule has 1 aromatic heterocycles. The minimum atomic E-state index is -0.0782. The Kier molecular flexibility index (Phi) is 2.98. The second kappa shape index (κ2) is 4.79. The molecule has 0 saturated heterocycles. The van der Waals surface area contributed by atoms with E-state index in [1.54, 1.807) is 6.07 Å². The van der Waals surface area contributed by atoms with Crippen molar-refractivity contribution in [2.24, 2.45) is 5.92 Å². The molecule has 0 radical (unpaired) electrons. The molecule has 1 fully saturated rings. The highest BCUT2D eigenvalue weighted by Gasteiger charge is 2.29. The Morgan fingerprint density at radius 1 is 1.42 bits per heavy atom. The Labute approximate surface area is 110 Å². The molecule has 98 valence electrons. The second-order valence-corrected chi connectivity index (χ2v) is 4.87. The summed E-state index contributed by atoms with van der Waals surface area (Å²) < 4.78 is 1.50. The van der Waals surface area contributed by atoms with Gasteiger partial charge in [0.05, 0.1) is 11.3 Å². The standard InChI is InChI=1S/C13H15N5O/c1-9(10-6-7-10)15-13(19)11-4-2-3-5-12(11)18-8-14-16-17-18/h2-5,8-10H,6-7H2,1H3,(H,15,19). The molecule has 0 bridgehead atoms. The average Bonchev–Trinajstić information content (AvgIpc) is 3.14. The van der Waals surface area contributed by atoms with Crippen LogP contribution < -0.4 is 5.32 Å². The van der Waals surface area contributed by atoms with Gasteiger partial charge in [-0.3, -0.25) is 4.79 Å². The van der Waals surface area contributed by atoms with E-state index in [2.05, 4.69) is 27.8 Å². The van der Waals surface area contributed by atoms with Gasteiger partial charge in [0.2, 0.25) is 0 Å². The van der Waals surface area contributed by atoms with Crippen molar-refractivity contribution in [3.63, 3.8) is 0 Å². The number of para-hydroxylation sites is 1. The molecule has 1 aliphatic carbocycles. The van der Waals surface area contributed by atoms with Crippen molar-refractivity contribution < 1.29 is 4.79 Å². The Balaban J connectivity index is 1.85. The van der Waals surface area contributed by atoms with Crippen molar-refractivity contribution >= 4 is 5.91 Å². The van der Waals surface area contributed by atoms with Crippen molar-refractivity contribution in [2.45, 2.75) is 25.8 Å². The van der Waals surface area contributed by atoms with E-state index in [9.17, 15) is 4.79 Å². The van der Waals surface area contributed by atoms with E-state index in [1.165, 1.54) is 23.9 Å². The normalized spacial score (nSPS) is 16.1. The topological polar surface area (TPSA) is 72.7 Å². The summed E-state index contributed by atoms with van der Waals surface area (Å²) in [5.41, 5.74) is 1.27. The Bertz CT molecular complexity index is 576. The number of tetrazole rings is 1. The van der Waals surface area contributed by atoms with Gasteiger partial charge in [-0.25, -0.2) is 0 Å². The predicted molar refractivity (Wildman–Crippen MR) is 68.8 cm³/mol. The van der Waals surface area contributed by atoms with Gasteiger partial charge in [0.1, 0.15) is 6.33 Å². The number of rotatable bonds is 4. The summed E-state index contributed by atoms with van der Waals surface area (Å²) in [5.74, 6) is 0.551. The highest BCUT2D eigenvalue weighted by molar-refractivity contribution is 5.97. The number of hydrogen-bond acceptors (Lipinski definition) is 4. The van der Waals surface area contributed by atoms with E-state index in [0.29, 0.717) is 17.2 Å². The first-order chi connectivity index (χ1) is 9.25. The monoisotopic (exact) mass is 257 g/mol. The van der Waals surface area contributed by atoms with Gasteiger partial charge < -0.3 is 5.32 Å². The maximum absolute atomic E-state index is 12.3. The Morgan fingerprint density at radius 2 is 2.21 bits per heavy atom. The average molecular weight is 257 g/mol. The van der Waals surface area contributed by atoms with Crippen LogP contribution in [0.5, 0.6) is 0 Å². The highest BCUT2D eigenvalue weighted by Crippen LogP contribution is 2.32. The number of hydrogen-bond donors (Lipinski definition) is 1. The molecule has 1 amide bonds. The van der Waals surface area contributed by atoms with Crippen molar-refractivity contribution in [2.75, 3.05) is 0 Å². The van der Waals surface area contributed by atoms with E-state index < -0.39 is 0 Å². The van der Waals surface area contributed by atoms with Crippen LogP contribution in [0.1, 0.15) is 30.1 Å². The lowest BCUT2D eigenvalue weighted by molar-refractivity contribution is 0.0935. The third-order valence-electron chi connectivity index (χ3n) is 3.43. The number of amides is 1. The zero-order chi connectivity index (χ0) is 13.2. The first-order valence-corrected chi connectivity index (χ1v) is 6.39. The molecule has 19 heavy (non-hydrogen) atoms. The fraction of sp³-hybridized carbons (Fsp3) is 0.385. The maximum atomic E-state index is 12.3. The van der Waals surface area contributed by atoms with Crippen molar-refractivity contribution in [3.8, 4) is 5.69 Å². The Hall–Kier alpha value is -2.24. The van der Waals surface area contributed by atoms with Crippen molar-refractivity contribution in [3.05, 3.63) is 36.2 Å². The molecule has 1 unspecified atom stereocenters. The predicted octanol–water partition coefficient (Wildman–Crippen LogP) is 1.19. The number of aromatic nitrogens is 4. The molecule has 1 saturated carbocycles. The van der Waals surface area contributed by atoms with Crippen LogP contribution in [-0.2, 0) is 0 Å². The van der Waals surface area contributed by atoms with Crippen LogP contribution in [0, 0.1) is 5.92 Å². The molecule has 1 N–H and O–H groups in total. The van der Waals surface area contributed by atoms with E-state index in [-0.39, 0.29) is 11.9 Å². The lowest BCUT2D eigenvalue weighted by Gasteiger charge is -2.14. The van der Waals surface area contributed by atoms with Gasteiger partial charge >= 0.3 is 0 Å². The van der Waals surface area contributed by atoms with Gasteiger partial charge in [0.15, 0.2) is 0 Å². The molecule has 1 heterocycles. The number of nitrogens with zero attached hydrogens (tertiary/aromatic N) is 4. The van der Waals surface area contributed by atoms with Gasteiger partial charge in [-0.15, -0.1) is 5.10 Å². The summed E-state index contributed by atoms with van der Waals surface area (Å²) in [6, 6.07) is 7.52. The molecule has 0 aliphatic heterocycles. The summed E-state index contributed by atoms with van der Waals surface area (Å²) in [5, 5.41) is 14.1. The molecule has 2 aromatic rings. The summed E-state index contributed by atoms with van der Waals surface area (Å²) in [6.45, 7) is 2.05. The Morgan fingerprint density at radius 3 is 2.89 bits per heavy atom. The van der Waals surface area contributed by atoms with Crippen LogP contribution in [0.2, 0.25) is 0 Å². The lowest BCUT2D eigenvalue weighted by atomic mass is 10.1. The van der Waals surface area contributed by atoms with Crippen LogP contribution in [0.15, 0.2) is 30.6 Å². The van der Waals surface area contributed by atoms with Gasteiger partial charge in [-0.05, 0) is 48.2 Å². The van der Waals surface area contributed by atoms with E-state index in [1.807, 2.05) is 18.2 Å². The highest BCUT2D eigenvalue weighted by atomic mass is 16.1. The fourth-order valence-electron chi connectivity index (χ4n) is 2.14. The smallest absolute Gasteiger partial charge is 0.253 e. The van der Waals surface area contributed by atoms with Gasteiger partial charge in [0.25, 0.3) is 5.91 Å². The SMILES string of the molecule is CC(NC(=O)c1ccccc1-n1cnnn1)C1CC1. The summed E-state index contributed by atoms with van der Waals surface area (Å²) in [6.07, 6.45) is 3.89. The van der Waals surface area contributed by atoms with Crippen LogP contribution in [0.3, 0.4) is 0 Å². The van der Waals surface area contributed by atoms with E-state index in [4.69, 9.17) is 0 Å². The van der Waals surface area contributed by atoms with Gasteiger partial charge in [-0.2, -0.15) is 4.68 Å². The first-order valence-electron chi connectivity index (χ1n) is 6.39. The fourth-order valence-corrected chi connectivity index (χ4v) is 2.14. The number of nitrogens with one attached hydrogen (secondary N) is 1. The number of carbonyl (C=O) groups excluding carboxylic acids is 1. The molecule has 6 nitrogen and oxygen atoms in total. The summed E-state index contributed by atoms with van der Waals surface area (Å²) in [4.78, 5) is 12.3. The van der Waals surface area contributed by atoms with Crippen LogP contribution in [0.25, 0.3) is 5.69 Å². The third kappa shape index (κ3) is 2.47. The van der Waals surface area contributed by atoms with Crippen LogP contribution in [0.4, 0.5) is 0 Å². The quantitative estimate of drug-likeness (QED) is 0.893. The number of benzene rings is 1. The minimum absolute atomic E-state index is 0.0782. The van der Waals surface area contributed by atoms with Gasteiger partial charge in [-0.1, -0.05) is 12.1 Å². The minimum Gasteiger partial charge on any atom is -0.349 e. The number of carbonyl (C=O) groups is 1. The van der Waals surface area contributed by atoms with Gasteiger partial charge in [0, 0.05) is 6.04 Å². The summed E-state index contributed by atoms with van der Waals surface area (Å²) >= 11 is 0. The third-order valence-corrected chi connectivity index (χ3v) is 3.43.